The minimum Gasteiger partial charge on any atom is -0.481 e. The number of alkyl carbamates (subject to hydrolysis) is 1. The van der Waals surface area contributed by atoms with Crippen molar-refractivity contribution in [3.05, 3.63) is 12.7 Å². The Labute approximate surface area is 98.1 Å². The van der Waals surface area contributed by atoms with Crippen molar-refractivity contribution in [2.45, 2.75) is 25.3 Å². The molecule has 0 heterocycles. The van der Waals surface area contributed by atoms with Crippen LogP contribution in [0.2, 0.25) is 0 Å². The molecule has 1 amide bonds. The number of carboxylic acids is 2. The number of rotatable bonds is 7. The van der Waals surface area contributed by atoms with E-state index in [-0.39, 0.29) is 13.0 Å². The summed E-state index contributed by atoms with van der Waals surface area (Å²) in [6.07, 6.45) is -0.667. The maximum Gasteiger partial charge on any atom is 0.408 e. The zero-order valence-electron chi connectivity index (χ0n) is 9.43. The number of carbonyl (C=O) groups excluding carboxylic acids is 1. The van der Waals surface area contributed by atoms with Gasteiger partial charge in [0.25, 0.3) is 0 Å². The fraction of sp³-hybridized carbons (Fsp3) is 0.500. The number of amides is 1. The monoisotopic (exact) mass is 245 g/mol. The normalized spacial score (nSPS) is 13.2. The molecule has 0 saturated heterocycles. The van der Waals surface area contributed by atoms with Gasteiger partial charge in [0.05, 0.1) is 6.61 Å². The average molecular weight is 245 g/mol. The highest BCUT2D eigenvalue weighted by atomic mass is 16.5. The molecular formula is C10H15NO6. The molecule has 0 aromatic carbocycles. The van der Waals surface area contributed by atoms with Crippen LogP contribution in [0, 0.1) is 0 Å². The van der Waals surface area contributed by atoms with Crippen LogP contribution in [0.25, 0.3) is 0 Å². The second-order valence-corrected chi connectivity index (χ2v) is 3.22. The van der Waals surface area contributed by atoms with Crippen LogP contribution in [0.4, 0.5) is 4.79 Å². The number of hydrogen-bond acceptors (Lipinski definition) is 4. The van der Waals surface area contributed by atoms with Gasteiger partial charge >= 0.3 is 18.0 Å². The van der Waals surface area contributed by atoms with E-state index in [9.17, 15) is 14.4 Å². The van der Waals surface area contributed by atoms with E-state index in [1.165, 1.54) is 0 Å². The number of nitrogens with one attached hydrogen (secondary N) is 1. The van der Waals surface area contributed by atoms with Crippen molar-refractivity contribution >= 4 is 18.0 Å². The van der Waals surface area contributed by atoms with E-state index < -0.39 is 30.0 Å². The van der Waals surface area contributed by atoms with Gasteiger partial charge in [0, 0.05) is 6.42 Å². The number of carboxylic acid groups (broad SMARTS) is 2. The van der Waals surface area contributed by atoms with Crippen molar-refractivity contribution in [1.29, 1.82) is 0 Å². The van der Waals surface area contributed by atoms with E-state index in [0.29, 0.717) is 0 Å². The average Bonchev–Trinajstić information content (AvgIpc) is 2.24. The number of ether oxygens (including phenoxy) is 1. The second kappa shape index (κ2) is 6.51. The van der Waals surface area contributed by atoms with Gasteiger partial charge in [-0.25, -0.2) is 9.59 Å². The van der Waals surface area contributed by atoms with E-state index in [4.69, 9.17) is 10.2 Å². The van der Waals surface area contributed by atoms with Gasteiger partial charge < -0.3 is 20.3 Å². The van der Waals surface area contributed by atoms with Crippen molar-refractivity contribution in [2.75, 3.05) is 6.61 Å². The number of hydrogen-bond donors (Lipinski definition) is 3. The number of aliphatic carboxylic acids is 2. The minimum atomic E-state index is -1.83. The third-order valence-electron chi connectivity index (χ3n) is 2.06. The Kier molecular flexibility index (Phi) is 5.73. The standard InChI is InChI=1S/C10H15NO6/c1-3-10(8(14)15,6-5-7(12)13)11-9(16)17-4-2/h3H,1,4-6H2,2H3,(H,11,16)(H,12,13)(H,14,15)/t10-/m0/s1. The van der Waals surface area contributed by atoms with Crippen LogP contribution < -0.4 is 5.32 Å². The van der Waals surface area contributed by atoms with Gasteiger partial charge in [0.1, 0.15) is 0 Å². The van der Waals surface area contributed by atoms with Gasteiger partial charge in [-0.2, -0.15) is 0 Å². The minimum absolute atomic E-state index is 0.0810. The Morgan fingerprint density at radius 1 is 1.41 bits per heavy atom. The third-order valence-corrected chi connectivity index (χ3v) is 2.06. The smallest absolute Gasteiger partial charge is 0.408 e. The first kappa shape index (κ1) is 14.9. The van der Waals surface area contributed by atoms with E-state index >= 15 is 0 Å². The molecule has 0 aliphatic rings. The molecule has 0 aromatic heterocycles. The lowest BCUT2D eigenvalue weighted by molar-refractivity contribution is -0.143. The lowest BCUT2D eigenvalue weighted by Gasteiger charge is -2.25. The second-order valence-electron chi connectivity index (χ2n) is 3.22. The van der Waals surface area contributed by atoms with Gasteiger partial charge in [-0.3, -0.25) is 4.79 Å². The summed E-state index contributed by atoms with van der Waals surface area (Å²) in [6.45, 7) is 4.95. The summed E-state index contributed by atoms with van der Waals surface area (Å²) in [6, 6.07) is 0. The maximum absolute atomic E-state index is 11.2. The SMILES string of the molecule is C=C[C@@](CCC(=O)O)(NC(=O)OCC)C(=O)O. The molecule has 7 heteroatoms. The fourth-order valence-electron chi connectivity index (χ4n) is 1.12. The summed E-state index contributed by atoms with van der Waals surface area (Å²) in [7, 11) is 0. The number of carbonyl (C=O) groups is 3. The van der Waals surface area contributed by atoms with Crippen LogP contribution >= 0.6 is 0 Å². The molecule has 96 valence electrons. The largest absolute Gasteiger partial charge is 0.481 e. The Hall–Kier alpha value is -2.05. The van der Waals surface area contributed by atoms with Crippen molar-refractivity contribution in [3.63, 3.8) is 0 Å². The van der Waals surface area contributed by atoms with E-state index in [2.05, 4.69) is 16.6 Å². The lowest BCUT2D eigenvalue weighted by atomic mass is 9.94. The summed E-state index contributed by atoms with van der Waals surface area (Å²) in [5.41, 5.74) is -1.83. The Bertz CT molecular complexity index is 327. The highest BCUT2D eigenvalue weighted by Crippen LogP contribution is 2.15. The quantitative estimate of drug-likeness (QED) is 0.566. The Morgan fingerprint density at radius 2 is 2.00 bits per heavy atom. The fourth-order valence-corrected chi connectivity index (χ4v) is 1.12. The van der Waals surface area contributed by atoms with Gasteiger partial charge in [0.15, 0.2) is 5.54 Å². The molecule has 0 aromatic rings. The molecule has 0 unspecified atom stereocenters. The zero-order valence-corrected chi connectivity index (χ0v) is 9.43. The zero-order chi connectivity index (χ0) is 13.5. The first-order valence-electron chi connectivity index (χ1n) is 4.91. The van der Waals surface area contributed by atoms with Gasteiger partial charge in [-0.1, -0.05) is 6.08 Å². The molecular weight excluding hydrogens is 230 g/mol. The third kappa shape index (κ3) is 4.54. The van der Waals surface area contributed by atoms with Gasteiger partial charge in [0.2, 0.25) is 0 Å². The first-order valence-corrected chi connectivity index (χ1v) is 4.91. The molecule has 7 nitrogen and oxygen atoms in total. The molecule has 0 radical (unpaired) electrons. The van der Waals surface area contributed by atoms with Gasteiger partial charge in [-0.05, 0) is 13.3 Å². The van der Waals surface area contributed by atoms with Crippen LogP contribution in [0.3, 0.4) is 0 Å². The molecule has 0 fully saturated rings. The predicted molar refractivity (Wildman–Crippen MR) is 57.6 cm³/mol. The molecule has 0 aliphatic carbocycles. The van der Waals surface area contributed by atoms with Crippen LogP contribution in [-0.4, -0.2) is 40.4 Å². The molecule has 0 saturated carbocycles. The molecule has 0 aliphatic heterocycles. The highest BCUT2D eigenvalue weighted by Gasteiger charge is 2.37. The summed E-state index contributed by atoms with van der Waals surface area (Å²) < 4.78 is 4.55. The molecule has 0 spiro atoms. The summed E-state index contributed by atoms with van der Waals surface area (Å²) >= 11 is 0. The molecule has 0 rings (SSSR count). The maximum atomic E-state index is 11.2. The Morgan fingerprint density at radius 3 is 2.35 bits per heavy atom. The molecule has 3 N–H and O–H groups in total. The van der Waals surface area contributed by atoms with Crippen LogP contribution in [0.5, 0.6) is 0 Å². The first-order chi connectivity index (χ1) is 7.88. The molecule has 1 atom stereocenters. The van der Waals surface area contributed by atoms with E-state index in [0.717, 1.165) is 6.08 Å². The van der Waals surface area contributed by atoms with E-state index in [1.54, 1.807) is 6.92 Å². The predicted octanol–water partition coefficient (Wildman–Crippen LogP) is 0.607. The van der Waals surface area contributed by atoms with Gasteiger partial charge in [-0.15, -0.1) is 6.58 Å². The highest BCUT2D eigenvalue weighted by molar-refractivity contribution is 5.87. The molecule has 17 heavy (non-hydrogen) atoms. The Balaban J connectivity index is 4.82. The summed E-state index contributed by atoms with van der Waals surface area (Å²) in [5.74, 6) is -2.55. The van der Waals surface area contributed by atoms with Crippen LogP contribution in [-0.2, 0) is 14.3 Å². The lowest BCUT2D eigenvalue weighted by Crippen LogP contribution is -2.53. The van der Waals surface area contributed by atoms with Crippen molar-refractivity contribution in [3.8, 4) is 0 Å². The van der Waals surface area contributed by atoms with Crippen molar-refractivity contribution in [2.24, 2.45) is 0 Å². The summed E-state index contributed by atoms with van der Waals surface area (Å²) in [5, 5.41) is 19.6. The van der Waals surface area contributed by atoms with Crippen molar-refractivity contribution in [1.82, 2.24) is 5.32 Å². The van der Waals surface area contributed by atoms with E-state index in [1.807, 2.05) is 0 Å². The van der Waals surface area contributed by atoms with Crippen molar-refractivity contribution < 1.29 is 29.3 Å². The van der Waals surface area contributed by atoms with Crippen LogP contribution in [0.15, 0.2) is 12.7 Å². The molecule has 0 bridgehead atoms. The summed E-state index contributed by atoms with van der Waals surface area (Å²) in [4.78, 5) is 32.7. The topological polar surface area (TPSA) is 113 Å². The van der Waals surface area contributed by atoms with Crippen LogP contribution in [0.1, 0.15) is 19.8 Å².